The van der Waals surface area contributed by atoms with Crippen molar-refractivity contribution in [1.29, 1.82) is 5.26 Å². The third-order valence-electron chi connectivity index (χ3n) is 3.97. The summed E-state index contributed by atoms with van der Waals surface area (Å²) in [6, 6.07) is 19.7. The number of nitrogens with two attached hydrogens (primary N) is 1. The number of rotatable bonds is 6. The number of anilines is 1. The average Bonchev–Trinajstić information content (AvgIpc) is 2.93. The van der Waals surface area contributed by atoms with Crippen molar-refractivity contribution in [2.24, 2.45) is 0 Å². The molecule has 0 atom stereocenters. The van der Waals surface area contributed by atoms with Gasteiger partial charge in [0.2, 0.25) is 0 Å². The third-order valence-corrected chi connectivity index (χ3v) is 3.97. The van der Waals surface area contributed by atoms with Crippen molar-refractivity contribution < 1.29 is 9.13 Å². The summed E-state index contributed by atoms with van der Waals surface area (Å²) in [6.07, 6.45) is 0.644. The zero-order chi connectivity index (χ0) is 17.6. The molecule has 1 heterocycles. The molecule has 0 aliphatic rings. The Balaban J connectivity index is 1.75. The van der Waals surface area contributed by atoms with Crippen molar-refractivity contribution in [3.05, 3.63) is 83.4 Å². The Hall–Kier alpha value is -3.26. The van der Waals surface area contributed by atoms with Gasteiger partial charge < -0.3 is 15.0 Å². The summed E-state index contributed by atoms with van der Waals surface area (Å²) in [5, 5.41) is 9.36. The van der Waals surface area contributed by atoms with Crippen LogP contribution in [-0.2, 0) is 13.0 Å². The smallest absolute Gasteiger partial charge is 0.123 e. The normalized spacial score (nSPS) is 10.4. The second-order valence-corrected chi connectivity index (χ2v) is 5.66. The van der Waals surface area contributed by atoms with Gasteiger partial charge in [0.1, 0.15) is 29.9 Å². The van der Waals surface area contributed by atoms with Gasteiger partial charge in [-0.05, 0) is 35.9 Å². The number of aromatic nitrogens is 1. The van der Waals surface area contributed by atoms with E-state index in [0.29, 0.717) is 36.7 Å². The fraction of sp³-hybridized carbons (Fsp3) is 0.150. The van der Waals surface area contributed by atoms with Crippen molar-refractivity contribution in [1.82, 2.24) is 4.57 Å². The Morgan fingerprint density at radius 3 is 2.48 bits per heavy atom. The second-order valence-electron chi connectivity index (χ2n) is 5.66. The molecule has 0 saturated carbocycles. The van der Waals surface area contributed by atoms with Crippen LogP contribution in [0, 0.1) is 17.1 Å². The summed E-state index contributed by atoms with van der Waals surface area (Å²) in [5.74, 6) is 0.284. The number of hydrogen-bond acceptors (Lipinski definition) is 3. The highest BCUT2D eigenvalue weighted by molar-refractivity contribution is 5.52. The molecule has 1 aromatic heterocycles. The van der Waals surface area contributed by atoms with Gasteiger partial charge in [-0.25, -0.2) is 4.39 Å². The number of hydrogen-bond donors (Lipinski definition) is 1. The summed E-state index contributed by atoms with van der Waals surface area (Å²) in [7, 11) is 0. The van der Waals surface area contributed by atoms with Gasteiger partial charge in [0.05, 0.1) is 12.2 Å². The molecule has 126 valence electrons. The molecule has 0 fully saturated rings. The highest BCUT2D eigenvalue weighted by Crippen LogP contribution is 2.22. The van der Waals surface area contributed by atoms with E-state index in [1.807, 2.05) is 34.9 Å². The van der Waals surface area contributed by atoms with Gasteiger partial charge in [-0.3, -0.25) is 0 Å². The summed E-state index contributed by atoms with van der Waals surface area (Å²) in [4.78, 5) is 0. The van der Waals surface area contributed by atoms with Crippen molar-refractivity contribution in [2.45, 2.75) is 13.0 Å². The highest BCUT2D eigenvalue weighted by Gasteiger charge is 2.13. The van der Waals surface area contributed by atoms with E-state index in [-0.39, 0.29) is 5.82 Å². The molecule has 3 rings (SSSR count). The zero-order valence-corrected chi connectivity index (χ0v) is 13.7. The van der Waals surface area contributed by atoms with Crippen molar-refractivity contribution in [3.8, 4) is 11.8 Å². The number of nitrogens with zero attached hydrogens (tertiary/aromatic N) is 2. The summed E-state index contributed by atoms with van der Waals surface area (Å²) in [6.45, 7) is 0.843. The van der Waals surface area contributed by atoms with E-state index < -0.39 is 0 Å². The standard InChI is InChI=1S/C20H18FN3O/c21-16-6-8-18(9-7-16)25-11-10-24-17(14-22)13-19(23)20(24)12-15-4-2-1-3-5-15/h1-9,13H,10-12,23H2. The maximum Gasteiger partial charge on any atom is 0.123 e. The Kier molecular flexibility index (Phi) is 5.00. The molecule has 4 nitrogen and oxygen atoms in total. The van der Waals surface area contributed by atoms with Crippen LogP contribution in [0.15, 0.2) is 60.7 Å². The topological polar surface area (TPSA) is 64.0 Å². The fourth-order valence-electron chi connectivity index (χ4n) is 2.73. The monoisotopic (exact) mass is 335 g/mol. The number of nitriles is 1. The molecule has 0 spiro atoms. The van der Waals surface area contributed by atoms with E-state index in [0.717, 1.165) is 11.3 Å². The summed E-state index contributed by atoms with van der Waals surface area (Å²) in [5.41, 5.74) is 9.23. The minimum atomic E-state index is -0.303. The molecule has 0 bridgehead atoms. The van der Waals surface area contributed by atoms with Crippen molar-refractivity contribution in [3.63, 3.8) is 0 Å². The van der Waals surface area contributed by atoms with Crippen LogP contribution in [0.5, 0.6) is 5.75 Å². The third kappa shape index (κ3) is 3.99. The van der Waals surface area contributed by atoms with Crippen molar-refractivity contribution in [2.75, 3.05) is 12.3 Å². The quantitative estimate of drug-likeness (QED) is 0.746. The predicted octanol–water partition coefficient (Wildman–Crippen LogP) is 3.75. The molecule has 0 aliphatic heterocycles. The van der Waals surface area contributed by atoms with E-state index >= 15 is 0 Å². The van der Waals surface area contributed by atoms with Gasteiger partial charge in [-0.15, -0.1) is 0 Å². The number of halogens is 1. The second kappa shape index (κ2) is 7.54. The van der Waals surface area contributed by atoms with Crippen LogP contribution in [0.3, 0.4) is 0 Å². The van der Waals surface area contributed by atoms with Gasteiger partial charge >= 0.3 is 0 Å². The first-order valence-corrected chi connectivity index (χ1v) is 7.97. The maximum absolute atomic E-state index is 12.9. The first-order chi connectivity index (χ1) is 12.2. The molecule has 2 aromatic carbocycles. The molecule has 0 radical (unpaired) electrons. The van der Waals surface area contributed by atoms with Crippen LogP contribution in [0.4, 0.5) is 10.1 Å². The van der Waals surface area contributed by atoms with E-state index in [9.17, 15) is 9.65 Å². The lowest BCUT2D eigenvalue weighted by Crippen LogP contribution is -2.13. The molecule has 25 heavy (non-hydrogen) atoms. The summed E-state index contributed by atoms with van der Waals surface area (Å²) < 4.78 is 20.4. The molecular weight excluding hydrogens is 317 g/mol. The molecule has 3 aromatic rings. The van der Waals surface area contributed by atoms with Gasteiger partial charge in [0.25, 0.3) is 0 Å². The number of ether oxygens (including phenoxy) is 1. The predicted molar refractivity (Wildman–Crippen MR) is 94.7 cm³/mol. The Bertz CT molecular complexity index is 880. The van der Waals surface area contributed by atoms with Crippen molar-refractivity contribution >= 4 is 5.69 Å². The lowest BCUT2D eigenvalue weighted by molar-refractivity contribution is 0.296. The van der Waals surface area contributed by atoms with E-state index in [1.165, 1.54) is 12.1 Å². The van der Waals surface area contributed by atoms with Crippen LogP contribution in [0.25, 0.3) is 0 Å². The average molecular weight is 335 g/mol. The highest BCUT2D eigenvalue weighted by atomic mass is 19.1. The van der Waals surface area contributed by atoms with E-state index in [2.05, 4.69) is 6.07 Å². The summed E-state index contributed by atoms with van der Waals surface area (Å²) >= 11 is 0. The molecule has 5 heteroatoms. The van der Waals surface area contributed by atoms with Crippen LogP contribution < -0.4 is 10.5 Å². The van der Waals surface area contributed by atoms with Crippen LogP contribution in [0.1, 0.15) is 17.0 Å². The Morgan fingerprint density at radius 1 is 1.08 bits per heavy atom. The van der Waals surface area contributed by atoms with Crippen LogP contribution in [-0.4, -0.2) is 11.2 Å². The lowest BCUT2D eigenvalue weighted by Gasteiger charge is -2.13. The van der Waals surface area contributed by atoms with E-state index in [4.69, 9.17) is 10.5 Å². The molecular formula is C20H18FN3O. The largest absolute Gasteiger partial charge is 0.492 e. The number of benzene rings is 2. The molecule has 0 saturated heterocycles. The zero-order valence-electron chi connectivity index (χ0n) is 13.7. The minimum absolute atomic E-state index is 0.303. The molecule has 0 aliphatic carbocycles. The fourth-order valence-corrected chi connectivity index (χ4v) is 2.73. The maximum atomic E-state index is 12.9. The molecule has 0 unspecified atom stereocenters. The first-order valence-electron chi connectivity index (χ1n) is 7.97. The Labute approximate surface area is 145 Å². The Morgan fingerprint density at radius 2 is 1.80 bits per heavy atom. The number of nitrogen functional groups attached to an aromatic ring is 1. The SMILES string of the molecule is N#Cc1cc(N)c(Cc2ccccc2)n1CCOc1ccc(F)cc1. The van der Waals surface area contributed by atoms with Gasteiger partial charge in [0.15, 0.2) is 0 Å². The van der Waals surface area contributed by atoms with Gasteiger partial charge in [-0.1, -0.05) is 30.3 Å². The van der Waals surface area contributed by atoms with Crippen LogP contribution >= 0.6 is 0 Å². The van der Waals surface area contributed by atoms with Crippen LogP contribution in [0.2, 0.25) is 0 Å². The first kappa shape index (κ1) is 16.6. The van der Waals surface area contributed by atoms with Gasteiger partial charge in [0, 0.05) is 12.1 Å². The molecule has 0 amide bonds. The molecule has 2 N–H and O–H groups in total. The van der Waals surface area contributed by atoms with Gasteiger partial charge in [-0.2, -0.15) is 5.26 Å². The minimum Gasteiger partial charge on any atom is -0.492 e. The lowest BCUT2D eigenvalue weighted by atomic mass is 10.1. The van der Waals surface area contributed by atoms with E-state index in [1.54, 1.807) is 18.2 Å².